The Morgan fingerprint density at radius 2 is 2.04 bits per heavy atom. The molecule has 3 heterocycles. The quantitative estimate of drug-likeness (QED) is 0.807. The highest BCUT2D eigenvalue weighted by Gasteiger charge is 2.44. The standard InChI is InChI=1S/C20H21N5O3/c1-24-11-18(26)25-10-15(8-16(25)20(24)28)23-19(27)13-4-2-3-12(7-13)14-5-6-17(21)22-9-14/h2-7,9,15-16H,8,10-11H2,1H3,(H2,21,22)(H,23,27)/t15-,16-/m0/s1. The predicted octanol–water partition coefficient (Wildman–Crippen LogP) is 0.502. The molecule has 2 aliphatic rings. The number of anilines is 1. The molecule has 28 heavy (non-hydrogen) atoms. The number of aromatic nitrogens is 1. The lowest BCUT2D eigenvalue weighted by molar-refractivity contribution is -0.152. The van der Waals surface area contributed by atoms with E-state index in [1.807, 2.05) is 12.1 Å². The van der Waals surface area contributed by atoms with Crippen molar-refractivity contribution < 1.29 is 14.4 Å². The molecular weight excluding hydrogens is 358 g/mol. The zero-order valence-electron chi connectivity index (χ0n) is 15.5. The fourth-order valence-electron chi connectivity index (χ4n) is 3.76. The van der Waals surface area contributed by atoms with Gasteiger partial charge >= 0.3 is 0 Å². The minimum Gasteiger partial charge on any atom is -0.384 e. The lowest BCUT2D eigenvalue weighted by atomic mass is 10.0. The molecule has 8 heteroatoms. The molecule has 8 nitrogen and oxygen atoms in total. The summed E-state index contributed by atoms with van der Waals surface area (Å²) < 4.78 is 0. The van der Waals surface area contributed by atoms with Crippen LogP contribution in [0.1, 0.15) is 16.8 Å². The Morgan fingerprint density at radius 1 is 1.21 bits per heavy atom. The number of rotatable bonds is 3. The fourth-order valence-corrected chi connectivity index (χ4v) is 3.76. The minimum atomic E-state index is -0.483. The molecule has 1 aromatic heterocycles. The molecule has 0 saturated carbocycles. The predicted molar refractivity (Wildman–Crippen MR) is 103 cm³/mol. The van der Waals surface area contributed by atoms with Crippen LogP contribution in [0, 0.1) is 0 Å². The number of carbonyl (C=O) groups is 3. The SMILES string of the molecule is CN1CC(=O)N2C[C@@H](NC(=O)c3cccc(-c4ccc(N)nc4)c3)C[C@H]2C1=O. The smallest absolute Gasteiger partial charge is 0.251 e. The lowest BCUT2D eigenvalue weighted by Gasteiger charge is -2.33. The van der Waals surface area contributed by atoms with Crippen molar-refractivity contribution in [1.29, 1.82) is 0 Å². The molecule has 144 valence electrons. The second-order valence-corrected chi connectivity index (χ2v) is 7.21. The largest absolute Gasteiger partial charge is 0.384 e. The van der Waals surface area contributed by atoms with Crippen LogP contribution in [0.15, 0.2) is 42.6 Å². The summed E-state index contributed by atoms with van der Waals surface area (Å²) in [6.07, 6.45) is 2.09. The van der Waals surface area contributed by atoms with Gasteiger partial charge in [0.25, 0.3) is 5.91 Å². The van der Waals surface area contributed by atoms with E-state index in [1.54, 1.807) is 42.4 Å². The van der Waals surface area contributed by atoms with Gasteiger partial charge in [-0.05, 0) is 36.2 Å². The number of benzene rings is 1. The summed E-state index contributed by atoms with van der Waals surface area (Å²) in [6.45, 7) is 0.448. The van der Waals surface area contributed by atoms with E-state index in [1.165, 1.54) is 4.90 Å². The van der Waals surface area contributed by atoms with Crippen LogP contribution in [-0.4, -0.2) is 64.7 Å². The van der Waals surface area contributed by atoms with Crippen LogP contribution in [0.4, 0.5) is 5.82 Å². The van der Waals surface area contributed by atoms with E-state index in [0.717, 1.165) is 11.1 Å². The summed E-state index contributed by atoms with van der Waals surface area (Å²) in [7, 11) is 1.63. The van der Waals surface area contributed by atoms with Crippen LogP contribution in [-0.2, 0) is 9.59 Å². The topological polar surface area (TPSA) is 109 Å². The Kier molecular flexibility index (Phi) is 4.46. The normalized spacial score (nSPS) is 21.6. The zero-order valence-corrected chi connectivity index (χ0v) is 15.5. The number of hydrogen-bond donors (Lipinski definition) is 2. The van der Waals surface area contributed by atoms with Gasteiger partial charge in [0.2, 0.25) is 11.8 Å². The van der Waals surface area contributed by atoms with E-state index in [-0.39, 0.29) is 30.3 Å². The Balaban J connectivity index is 1.47. The van der Waals surface area contributed by atoms with Gasteiger partial charge in [-0.1, -0.05) is 12.1 Å². The number of piperazine rings is 1. The number of fused-ring (bicyclic) bond motifs is 1. The maximum absolute atomic E-state index is 12.7. The first-order valence-electron chi connectivity index (χ1n) is 9.09. The summed E-state index contributed by atoms with van der Waals surface area (Å²) in [5.74, 6) is 0.0457. The van der Waals surface area contributed by atoms with Crippen molar-refractivity contribution in [2.45, 2.75) is 18.5 Å². The highest BCUT2D eigenvalue weighted by atomic mass is 16.2. The van der Waals surface area contributed by atoms with Crippen LogP contribution in [0.3, 0.4) is 0 Å². The van der Waals surface area contributed by atoms with Crippen LogP contribution < -0.4 is 11.1 Å². The van der Waals surface area contributed by atoms with Crippen LogP contribution in [0.5, 0.6) is 0 Å². The van der Waals surface area contributed by atoms with E-state index in [2.05, 4.69) is 10.3 Å². The molecule has 0 aliphatic carbocycles. The lowest BCUT2D eigenvalue weighted by Crippen LogP contribution is -2.55. The molecule has 2 aliphatic heterocycles. The molecule has 0 radical (unpaired) electrons. The van der Waals surface area contributed by atoms with Gasteiger partial charge in [0.15, 0.2) is 0 Å². The highest BCUT2D eigenvalue weighted by Crippen LogP contribution is 2.24. The molecule has 3 N–H and O–H groups in total. The average Bonchev–Trinajstić information content (AvgIpc) is 3.11. The van der Waals surface area contributed by atoms with Gasteiger partial charge in [-0.3, -0.25) is 14.4 Å². The van der Waals surface area contributed by atoms with E-state index < -0.39 is 6.04 Å². The first-order chi connectivity index (χ1) is 13.4. The van der Waals surface area contributed by atoms with Gasteiger partial charge in [0.1, 0.15) is 11.9 Å². The Labute approximate surface area is 162 Å². The molecule has 0 bridgehead atoms. The monoisotopic (exact) mass is 379 g/mol. The molecule has 2 aromatic rings. The number of likely N-dealkylation sites (N-methyl/N-ethyl adjacent to an activating group) is 1. The molecule has 0 unspecified atom stereocenters. The summed E-state index contributed by atoms with van der Waals surface area (Å²) in [4.78, 5) is 44.3. The molecule has 4 rings (SSSR count). The van der Waals surface area contributed by atoms with Gasteiger partial charge in [0.05, 0.1) is 6.54 Å². The van der Waals surface area contributed by atoms with Crippen molar-refractivity contribution in [3.8, 4) is 11.1 Å². The van der Waals surface area contributed by atoms with E-state index >= 15 is 0 Å². The number of nitrogens with two attached hydrogens (primary N) is 1. The molecule has 2 saturated heterocycles. The number of amides is 3. The third-order valence-corrected chi connectivity index (χ3v) is 5.23. The summed E-state index contributed by atoms with van der Waals surface area (Å²) >= 11 is 0. The Hall–Kier alpha value is -3.42. The summed E-state index contributed by atoms with van der Waals surface area (Å²) in [6, 6.07) is 10.0. The molecule has 3 amide bonds. The number of hydrogen-bond acceptors (Lipinski definition) is 5. The number of nitrogens with zero attached hydrogens (tertiary/aromatic N) is 3. The van der Waals surface area contributed by atoms with Crippen molar-refractivity contribution in [2.24, 2.45) is 0 Å². The molecule has 1 aromatic carbocycles. The Morgan fingerprint density at radius 3 is 2.79 bits per heavy atom. The first-order valence-corrected chi connectivity index (χ1v) is 9.09. The second kappa shape index (κ2) is 6.95. The van der Waals surface area contributed by atoms with Crippen LogP contribution in [0.2, 0.25) is 0 Å². The Bertz CT molecular complexity index is 943. The van der Waals surface area contributed by atoms with Gasteiger partial charge in [-0.2, -0.15) is 0 Å². The van der Waals surface area contributed by atoms with Crippen molar-refractivity contribution in [1.82, 2.24) is 20.1 Å². The average molecular weight is 379 g/mol. The number of carbonyl (C=O) groups excluding carboxylic acids is 3. The van der Waals surface area contributed by atoms with Crippen LogP contribution >= 0.6 is 0 Å². The number of nitrogens with one attached hydrogen (secondary N) is 1. The minimum absolute atomic E-state index is 0.0748. The van der Waals surface area contributed by atoms with Gasteiger partial charge < -0.3 is 20.9 Å². The van der Waals surface area contributed by atoms with Crippen molar-refractivity contribution in [3.05, 3.63) is 48.2 Å². The first kappa shape index (κ1) is 18.0. The summed E-state index contributed by atoms with van der Waals surface area (Å²) in [5.41, 5.74) is 7.85. The maximum atomic E-state index is 12.7. The fraction of sp³-hybridized carbons (Fsp3) is 0.300. The van der Waals surface area contributed by atoms with E-state index in [9.17, 15) is 14.4 Å². The van der Waals surface area contributed by atoms with Gasteiger partial charge in [-0.25, -0.2) is 4.98 Å². The highest BCUT2D eigenvalue weighted by molar-refractivity contribution is 5.97. The number of nitrogen functional groups attached to an aromatic ring is 1. The molecule has 2 fully saturated rings. The third-order valence-electron chi connectivity index (χ3n) is 5.23. The second-order valence-electron chi connectivity index (χ2n) is 7.21. The van der Waals surface area contributed by atoms with Crippen molar-refractivity contribution >= 4 is 23.5 Å². The van der Waals surface area contributed by atoms with Gasteiger partial charge in [-0.15, -0.1) is 0 Å². The van der Waals surface area contributed by atoms with E-state index in [4.69, 9.17) is 5.73 Å². The van der Waals surface area contributed by atoms with Crippen molar-refractivity contribution in [2.75, 3.05) is 25.9 Å². The molecular formula is C20H21N5O3. The zero-order chi connectivity index (χ0) is 19.8. The maximum Gasteiger partial charge on any atom is 0.251 e. The summed E-state index contributed by atoms with van der Waals surface area (Å²) in [5, 5.41) is 2.96. The third kappa shape index (κ3) is 3.28. The van der Waals surface area contributed by atoms with Crippen LogP contribution in [0.25, 0.3) is 11.1 Å². The van der Waals surface area contributed by atoms with Gasteiger partial charge in [0, 0.05) is 37.0 Å². The molecule has 2 atom stereocenters. The molecule has 0 spiro atoms. The number of pyridine rings is 1. The van der Waals surface area contributed by atoms with Crippen molar-refractivity contribution in [3.63, 3.8) is 0 Å². The van der Waals surface area contributed by atoms with E-state index in [0.29, 0.717) is 24.3 Å².